The lowest BCUT2D eigenvalue weighted by atomic mass is 10.1. The van der Waals surface area contributed by atoms with Gasteiger partial charge in [0.1, 0.15) is 5.75 Å². The number of hydrogen-bond acceptors (Lipinski definition) is 4. The normalized spacial score (nSPS) is 15.1. The van der Waals surface area contributed by atoms with E-state index in [1.54, 1.807) is 42.5 Å². The summed E-state index contributed by atoms with van der Waals surface area (Å²) in [4.78, 5) is 25.0. The van der Waals surface area contributed by atoms with E-state index < -0.39 is 0 Å². The first-order valence-electron chi connectivity index (χ1n) is 11.3. The molecule has 1 aliphatic heterocycles. The molecule has 6 heteroatoms. The lowest BCUT2D eigenvalue weighted by Crippen LogP contribution is -2.31. The molecule has 33 heavy (non-hydrogen) atoms. The maximum absolute atomic E-state index is 12.7. The highest BCUT2D eigenvalue weighted by Crippen LogP contribution is 2.17. The highest BCUT2D eigenvalue weighted by atomic mass is 16.5. The van der Waals surface area contributed by atoms with Crippen LogP contribution in [0, 0.1) is 0 Å². The van der Waals surface area contributed by atoms with Crippen LogP contribution in [0.1, 0.15) is 39.1 Å². The predicted molar refractivity (Wildman–Crippen MR) is 128 cm³/mol. The maximum atomic E-state index is 12.7. The summed E-state index contributed by atoms with van der Waals surface area (Å²) in [6.07, 6.45) is 2.91. The highest BCUT2D eigenvalue weighted by Gasteiger charge is 2.16. The van der Waals surface area contributed by atoms with E-state index in [0.717, 1.165) is 25.9 Å². The molecule has 0 bridgehead atoms. The van der Waals surface area contributed by atoms with Gasteiger partial charge in [-0.05, 0) is 60.9 Å². The average molecular weight is 445 g/mol. The second-order valence-corrected chi connectivity index (χ2v) is 7.99. The Balaban J connectivity index is 1.27. The molecule has 1 fully saturated rings. The number of anilines is 1. The number of ether oxygens (including phenoxy) is 2. The van der Waals surface area contributed by atoms with Crippen molar-refractivity contribution in [1.29, 1.82) is 0 Å². The highest BCUT2D eigenvalue weighted by molar-refractivity contribution is 6.04. The van der Waals surface area contributed by atoms with Crippen molar-refractivity contribution < 1.29 is 19.1 Å². The average Bonchev–Trinajstić information content (AvgIpc) is 3.38. The molecule has 0 radical (unpaired) electrons. The molecule has 1 unspecified atom stereocenters. The summed E-state index contributed by atoms with van der Waals surface area (Å²) in [6.45, 7) is 1.81. The first-order valence-corrected chi connectivity index (χ1v) is 11.3. The molecule has 1 saturated heterocycles. The summed E-state index contributed by atoms with van der Waals surface area (Å²) in [5.41, 5.74) is 2.87. The number of hydrogen-bond donors (Lipinski definition) is 2. The SMILES string of the molecule is O=C(NCC1CCCO1)c1ccc(NC(=O)c2cccc(OCCc3ccccc3)c2)cc1. The Morgan fingerprint density at radius 3 is 2.48 bits per heavy atom. The molecule has 0 saturated carbocycles. The zero-order chi connectivity index (χ0) is 22.9. The molecule has 1 atom stereocenters. The van der Waals surface area contributed by atoms with Crippen molar-refractivity contribution in [3.63, 3.8) is 0 Å². The van der Waals surface area contributed by atoms with Crippen molar-refractivity contribution in [3.05, 3.63) is 95.6 Å². The fourth-order valence-electron chi connectivity index (χ4n) is 3.68. The third-order valence-corrected chi connectivity index (χ3v) is 5.52. The molecule has 0 aromatic heterocycles. The summed E-state index contributed by atoms with van der Waals surface area (Å²) in [5.74, 6) is 0.264. The quantitative estimate of drug-likeness (QED) is 0.511. The van der Waals surface area contributed by atoms with Crippen molar-refractivity contribution in [3.8, 4) is 5.75 Å². The molecular weight excluding hydrogens is 416 g/mol. The monoisotopic (exact) mass is 444 g/mol. The van der Waals surface area contributed by atoms with Crippen LogP contribution >= 0.6 is 0 Å². The molecule has 3 aromatic carbocycles. The summed E-state index contributed by atoms with van der Waals surface area (Å²) >= 11 is 0. The first-order chi connectivity index (χ1) is 16.2. The first kappa shape index (κ1) is 22.6. The van der Waals surface area contributed by atoms with E-state index in [1.807, 2.05) is 24.3 Å². The largest absolute Gasteiger partial charge is 0.493 e. The number of benzene rings is 3. The fraction of sp³-hybridized carbons (Fsp3) is 0.259. The minimum atomic E-state index is -0.237. The Bertz CT molecular complexity index is 1060. The molecule has 4 rings (SSSR count). The topological polar surface area (TPSA) is 76.7 Å². The summed E-state index contributed by atoms with van der Waals surface area (Å²) in [6, 6.07) is 24.1. The Morgan fingerprint density at radius 2 is 1.73 bits per heavy atom. The fourth-order valence-corrected chi connectivity index (χ4v) is 3.68. The van der Waals surface area contributed by atoms with Gasteiger partial charge in [-0.15, -0.1) is 0 Å². The second-order valence-electron chi connectivity index (χ2n) is 7.99. The lowest BCUT2D eigenvalue weighted by molar-refractivity contribution is 0.0857. The van der Waals surface area contributed by atoms with Gasteiger partial charge in [-0.2, -0.15) is 0 Å². The number of nitrogens with one attached hydrogen (secondary N) is 2. The minimum Gasteiger partial charge on any atom is -0.493 e. The van der Waals surface area contributed by atoms with Crippen LogP contribution in [0.3, 0.4) is 0 Å². The Morgan fingerprint density at radius 1 is 0.909 bits per heavy atom. The predicted octanol–water partition coefficient (Wildman–Crippen LogP) is 4.47. The molecule has 2 amide bonds. The summed E-state index contributed by atoms with van der Waals surface area (Å²) in [5, 5.41) is 5.76. The number of rotatable bonds is 9. The third kappa shape index (κ3) is 6.67. The van der Waals surface area contributed by atoms with Gasteiger partial charge in [0.05, 0.1) is 12.7 Å². The van der Waals surface area contributed by atoms with Crippen LogP contribution in [-0.2, 0) is 11.2 Å². The van der Waals surface area contributed by atoms with Crippen molar-refractivity contribution in [2.75, 3.05) is 25.1 Å². The van der Waals surface area contributed by atoms with Crippen LogP contribution in [0.2, 0.25) is 0 Å². The van der Waals surface area contributed by atoms with Crippen LogP contribution in [0.25, 0.3) is 0 Å². The van der Waals surface area contributed by atoms with Crippen molar-refractivity contribution in [2.45, 2.75) is 25.4 Å². The molecule has 1 heterocycles. The molecule has 6 nitrogen and oxygen atoms in total. The number of amides is 2. The van der Waals surface area contributed by atoms with Crippen molar-refractivity contribution in [1.82, 2.24) is 5.32 Å². The summed E-state index contributed by atoms with van der Waals surface area (Å²) in [7, 11) is 0. The Labute approximate surface area is 193 Å². The molecule has 1 aliphatic rings. The van der Waals surface area contributed by atoms with E-state index in [-0.39, 0.29) is 17.9 Å². The zero-order valence-electron chi connectivity index (χ0n) is 18.5. The molecule has 170 valence electrons. The smallest absolute Gasteiger partial charge is 0.255 e. The van der Waals surface area contributed by atoms with E-state index in [0.29, 0.717) is 35.7 Å². The van der Waals surface area contributed by atoms with Gasteiger partial charge in [0.25, 0.3) is 11.8 Å². The Hall–Kier alpha value is -3.64. The van der Waals surface area contributed by atoms with Gasteiger partial charge < -0.3 is 20.1 Å². The van der Waals surface area contributed by atoms with E-state index in [9.17, 15) is 9.59 Å². The van der Waals surface area contributed by atoms with Gasteiger partial charge in [-0.25, -0.2) is 0 Å². The van der Waals surface area contributed by atoms with E-state index in [4.69, 9.17) is 9.47 Å². The van der Waals surface area contributed by atoms with Crippen LogP contribution in [0.15, 0.2) is 78.9 Å². The third-order valence-electron chi connectivity index (χ3n) is 5.52. The van der Waals surface area contributed by atoms with Gasteiger partial charge in [0.15, 0.2) is 0 Å². The van der Waals surface area contributed by atoms with Crippen LogP contribution in [-0.4, -0.2) is 37.7 Å². The van der Waals surface area contributed by atoms with E-state index in [2.05, 4.69) is 22.8 Å². The van der Waals surface area contributed by atoms with Gasteiger partial charge >= 0.3 is 0 Å². The second kappa shape index (κ2) is 11.3. The zero-order valence-corrected chi connectivity index (χ0v) is 18.5. The van der Waals surface area contributed by atoms with E-state index in [1.165, 1.54) is 5.56 Å². The standard InChI is InChI=1S/C27H28N2O4/c30-26(28-19-25-10-5-16-32-25)21-11-13-23(14-12-21)29-27(31)22-8-4-9-24(18-22)33-17-15-20-6-2-1-3-7-20/h1-4,6-9,11-14,18,25H,5,10,15-17,19H2,(H,28,30)(H,29,31). The molecule has 0 aliphatic carbocycles. The lowest BCUT2D eigenvalue weighted by Gasteiger charge is -2.11. The van der Waals surface area contributed by atoms with Gasteiger partial charge in [0.2, 0.25) is 0 Å². The Kier molecular flexibility index (Phi) is 7.72. The maximum Gasteiger partial charge on any atom is 0.255 e. The van der Waals surface area contributed by atoms with Crippen LogP contribution < -0.4 is 15.4 Å². The minimum absolute atomic E-state index is 0.102. The molecule has 2 N–H and O–H groups in total. The molecule has 3 aromatic rings. The van der Waals surface area contributed by atoms with Crippen LogP contribution in [0.5, 0.6) is 5.75 Å². The molecule has 0 spiro atoms. The van der Waals surface area contributed by atoms with Crippen molar-refractivity contribution in [2.24, 2.45) is 0 Å². The van der Waals surface area contributed by atoms with Gasteiger partial charge in [-0.1, -0.05) is 36.4 Å². The van der Waals surface area contributed by atoms with Crippen molar-refractivity contribution >= 4 is 17.5 Å². The number of carbonyl (C=O) groups excluding carboxylic acids is 2. The van der Waals surface area contributed by atoms with Gasteiger partial charge in [-0.3, -0.25) is 9.59 Å². The van der Waals surface area contributed by atoms with E-state index >= 15 is 0 Å². The number of carbonyl (C=O) groups is 2. The summed E-state index contributed by atoms with van der Waals surface area (Å²) < 4.78 is 11.3. The van der Waals surface area contributed by atoms with Crippen LogP contribution in [0.4, 0.5) is 5.69 Å². The molecular formula is C27H28N2O4. The van der Waals surface area contributed by atoms with Gasteiger partial charge in [0, 0.05) is 36.4 Å².